The van der Waals surface area contributed by atoms with E-state index < -0.39 is 17.4 Å². The molecule has 4 nitrogen and oxygen atoms in total. The Morgan fingerprint density at radius 2 is 1.76 bits per heavy atom. The molecule has 0 spiro atoms. The van der Waals surface area contributed by atoms with Crippen molar-refractivity contribution >= 4 is 11.9 Å². The summed E-state index contributed by atoms with van der Waals surface area (Å²) in [4.78, 5) is 23.4. The minimum Gasteiger partial charge on any atom is -0.480 e. The van der Waals surface area contributed by atoms with E-state index in [9.17, 15) is 14.7 Å². The molecular weight excluding hydrogens is 220 g/mol. The van der Waals surface area contributed by atoms with Crippen molar-refractivity contribution in [1.82, 2.24) is 0 Å². The van der Waals surface area contributed by atoms with Crippen LogP contribution >= 0.6 is 0 Å². The molecule has 0 aromatic carbocycles. The Balaban J connectivity index is 5.13. The Morgan fingerprint density at radius 1 is 1.24 bits per heavy atom. The van der Waals surface area contributed by atoms with E-state index >= 15 is 0 Å². The molecule has 1 N–H and O–H groups in total. The van der Waals surface area contributed by atoms with Gasteiger partial charge in [0, 0.05) is 0 Å². The zero-order valence-electron chi connectivity index (χ0n) is 11.4. The molecule has 1 unspecified atom stereocenters. The van der Waals surface area contributed by atoms with Crippen LogP contribution in [0.1, 0.15) is 47.5 Å². The molecule has 0 saturated heterocycles. The molecule has 17 heavy (non-hydrogen) atoms. The lowest BCUT2D eigenvalue weighted by molar-refractivity contribution is -0.173. The Labute approximate surface area is 103 Å². The highest BCUT2D eigenvalue weighted by Crippen LogP contribution is 2.36. The van der Waals surface area contributed by atoms with Gasteiger partial charge in [-0.25, -0.2) is 0 Å². The molecule has 0 aliphatic heterocycles. The van der Waals surface area contributed by atoms with Crippen molar-refractivity contribution in [2.75, 3.05) is 6.61 Å². The van der Waals surface area contributed by atoms with Crippen molar-refractivity contribution in [2.24, 2.45) is 17.3 Å². The van der Waals surface area contributed by atoms with Crippen LogP contribution in [-0.4, -0.2) is 23.7 Å². The minimum atomic E-state index is -1.40. The maximum absolute atomic E-state index is 12.0. The number of carboxylic acids is 1. The monoisotopic (exact) mass is 244 g/mol. The van der Waals surface area contributed by atoms with Crippen LogP contribution in [-0.2, 0) is 14.3 Å². The van der Waals surface area contributed by atoms with Gasteiger partial charge in [0.25, 0.3) is 0 Å². The van der Waals surface area contributed by atoms with E-state index in [1.807, 2.05) is 13.8 Å². The van der Waals surface area contributed by atoms with Crippen LogP contribution in [0, 0.1) is 17.3 Å². The number of carbonyl (C=O) groups is 2. The van der Waals surface area contributed by atoms with Crippen molar-refractivity contribution in [3.63, 3.8) is 0 Å². The van der Waals surface area contributed by atoms with Gasteiger partial charge in [0.1, 0.15) is 0 Å². The fourth-order valence-corrected chi connectivity index (χ4v) is 1.84. The molecule has 0 amide bonds. The second-order valence-electron chi connectivity index (χ2n) is 5.08. The average Bonchev–Trinajstić information content (AvgIpc) is 2.17. The Hall–Kier alpha value is -1.06. The van der Waals surface area contributed by atoms with E-state index in [-0.39, 0.29) is 12.5 Å². The SMILES string of the molecule is CCOC(=O)C(CCC(C)C)(C(=O)O)C(C)C. The van der Waals surface area contributed by atoms with E-state index in [1.54, 1.807) is 20.8 Å². The van der Waals surface area contributed by atoms with Crippen molar-refractivity contribution in [3.8, 4) is 0 Å². The number of aliphatic carboxylic acids is 1. The number of hydrogen-bond donors (Lipinski definition) is 1. The van der Waals surface area contributed by atoms with Gasteiger partial charge in [0.05, 0.1) is 6.61 Å². The molecule has 0 saturated carbocycles. The normalized spacial score (nSPS) is 14.8. The van der Waals surface area contributed by atoms with E-state index in [4.69, 9.17) is 4.74 Å². The molecule has 1 atom stereocenters. The molecule has 4 heteroatoms. The maximum Gasteiger partial charge on any atom is 0.323 e. The predicted octanol–water partition coefficient (Wildman–Crippen LogP) is 2.71. The van der Waals surface area contributed by atoms with Gasteiger partial charge in [-0.15, -0.1) is 0 Å². The molecule has 100 valence electrons. The summed E-state index contributed by atoms with van der Waals surface area (Å²) in [6, 6.07) is 0. The van der Waals surface area contributed by atoms with Crippen molar-refractivity contribution in [1.29, 1.82) is 0 Å². The molecule has 0 rings (SSSR count). The molecule has 0 aromatic rings. The van der Waals surface area contributed by atoms with Crippen molar-refractivity contribution in [2.45, 2.75) is 47.5 Å². The number of hydrogen-bond acceptors (Lipinski definition) is 3. The Kier molecular flexibility index (Phi) is 6.21. The van der Waals surface area contributed by atoms with Gasteiger partial charge in [-0.05, 0) is 31.6 Å². The zero-order chi connectivity index (χ0) is 13.6. The standard InChI is InChI=1S/C13H24O4/c1-6-17-12(16)13(10(4)5,11(14)15)8-7-9(2)3/h9-10H,6-8H2,1-5H3,(H,14,15). The summed E-state index contributed by atoms with van der Waals surface area (Å²) < 4.78 is 4.94. The third-order valence-electron chi connectivity index (χ3n) is 3.12. The topological polar surface area (TPSA) is 63.6 Å². The molecule has 0 bridgehead atoms. The quantitative estimate of drug-likeness (QED) is 0.552. The van der Waals surface area contributed by atoms with E-state index in [1.165, 1.54) is 0 Å². The van der Waals surface area contributed by atoms with Crippen molar-refractivity contribution in [3.05, 3.63) is 0 Å². The Morgan fingerprint density at radius 3 is 2.06 bits per heavy atom. The molecular formula is C13H24O4. The van der Waals surface area contributed by atoms with Gasteiger partial charge in [-0.3, -0.25) is 9.59 Å². The summed E-state index contributed by atoms with van der Waals surface area (Å²) in [6.45, 7) is 9.43. The largest absolute Gasteiger partial charge is 0.480 e. The molecule has 0 fully saturated rings. The van der Waals surface area contributed by atoms with E-state index in [0.717, 1.165) is 0 Å². The lowest BCUT2D eigenvalue weighted by atomic mass is 9.72. The first kappa shape index (κ1) is 15.9. The first-order valence-electron chi connectivity index (χ1n) is 6.19. The van der Waals surface area contributed by atoms with Crippen LogP contribution in [0.2, 0.25) is 0 Å². The predicted molar refractivity (Wildman–Crippen MR) is 65.6 cm³/mol. The second-order valence-corrected chi connectivity index (χ2v) is 5.08. The molecule has 0 heterocycles. The van der Waals surface area contributed by atoms with Gasteiger partial charge in [0.15, 0.2) is 5.41 Å². The summed E-state index contributed by atoms with van der Waals surface area (Å²) in [5.74, 6) is -1.60. The van der Waals surface area contributed by atoms with E-state index in [2.05, 4.69) is 0 Å². The van der Waals surface area contributed by atoms with Gasteiger partial charge >= 0.3 is 11.9 Å². The summed E-state index contributed by atoms with van der Waals surface area (Å²) >= 11 is 0. The lowest BCUT2D eigenvalue weighted by Gasteiger charge is -2.31. The number of esters is 1. The highest BCUT2D eigenvalue weighted by Gasteiger charge is 2.49. The van der Waals surface area contributed by atoms with Crippen molar-refractivity contribution < 1.29 is 19.4 Å². The van der Waals surface area contributed by atoms with Gasteiger partial charge < -0.3 is 9.84 Å². The van der Waals surface area contributed by atoms with Crippen LogP contribution in [0.25, 0.3) is 0 Å². The molecule has 0 aliphatic rings. The fourth-order valence-electron chi connectivity index (χ4n) is 1.84. The van der Waals surface area contributed by atoms with Crippen LogP contribution in [0.15, 0.2) is 0 Å². The molecule has 0 aromatic heterocycles. The van der Waals surface area contributed by atoms with Gasteiger partial charge in [-0.1, -0.05) is 27.7 Å². The summed E-state index contributed by atoms with van der Waals surface area (Å²) in [7, 11) is 0. The highest BCUT2D eigenvalue weighted by atomic mass is 16.5. The van der Waals surface area contributed by atoms with Crippen LogP contribution in [0.3, 0.4) is 0 Å². The minimum absolute atomic E-state index is 0.211. The number of carbonyl (C=O) groups excluding carboxylic acids is 1. The maximum atomic E-state index is 12.0. The van der Waals surface area contributed by atoms with Crippen LogP contribution < -0.4 is 0 Å². The second kappa shape index (κ2) is 6.62. The summed E-state index contributed by atoms with van der Waals surface area (Å²) in [6.07, 6.45) is 1.03. The van der Waals surface area contributed by atoms with E-state index in [0.29, 0.717) is 18.8 Å². The average molecular weight is 244 g/mol. The third-order valence-corrected chi connectivity index (χ3v) is 3.12. The summed E-state index contributed by atoms with van der Waals surface area (Å²) in [5.41, 5.74) is -1.40. The molecule has 0 radical (unpaired) electrons. The fraction of sp³-hybridized carbons (Fsp3) is 0.846. The number of ether oxygens (including phenoxy) is 1. The molecule has 0 aliphatic carbocycles. The Bertz CT molecular complexity index is 271. The summed E-state index contributed by atoms with van der Waals surface area (Å²) in [5, 5.41) is 9.40. The first-order valence-corrected chi connectivity index (χ1v) is 6.19. The number of carboxylic acid groups (broad SMARTS) is 1. The van der Waals surface area contributed by atoms with Crippen LogP contribution in [0.4, 0.5) is 0 Å². The third kappa shape index (κ3) is 3.72. The number of rotatable bonds is 7. The highest BCUT2D eigenvalue weighted by molar-refractivity contribution is 5.99. The lowest BCUT2D eigenvalue weighted by Crippen LogP contribution is -2.45. The zero-order valence-corrected chi connectivity index (χ0v) is 11.4. The first-order chi connectivity index (χ1) is 7.78. The van der Waals surface area contributed by atoms with Gasteiger partial charge in [-0.2, -0.15) is 0 Å². The van der Waals surface area contributed by atoms with Gasteiger partial charge in [0.2, 0.25) is 0 Å². The van der Waals surface area contributed by atoms with Crippen LogP contribution in [0.5, 0.6) is 0 Å². The smallest absolute Gasteiger partial charge is 0.323 e.